The van der Waals surface area contributed by atoms with E-state index in [0.717, 1.165) is 116 Å². The van der Waals surface area contributed by atoms with Crippen LogP contribution in [-0.2, 0) is 61.9 Å². The van der Waals surface area contributed by atoms with Gasteiger partial charge in [0.05, 0.1) is 51.4 Å². The highest BCUT2D eigenvalue weighted by atomic mass is 16.6. The normalized spacial score (nSPS) is 16.9. The molecule has 3 atom stereocenters. The zero-order chi connectivity index (χ0) is 56.1. The van der Waals surface area contributed by atoms with Crippen LogP contribution in [0.1, 0.15) is 259 Å². The fourth-order valence-corrected chi connectivity index (χ4v) is 10.0. The molecule has 0 aromatic rings. The molecule has 2 aliphatic heterocycles. The Kier molecular flexibility index (Phi) is 41.2. The van der Waals surface area contributed by atoms with Crippen molar-refractivity contribution in [2.24, 2.45) is 11.8 Å². The first-order valence-electron chi connectivity index (χ1n) is 31.0. The smallest absolute Gasteiger partial charge is 0.410 e. The van der Waals surface area contributed by atoms with E-state index in [2.05, 4.69) is 32.6 Å². The number of esters is 6. The van der Waals surface area contributed by atoms with Crippen molar-refractivity contribution in [2.75, 3.05) is 59.8 Å². The predicted octanol–water partition coefficient (Wildman–Crippen LogP) is 13.1. The van der Waals surface area contributed by atoms with E-state index in [-0.39, 0.29) is 108 Å². The molecule has 2 saturated heterocycles. The van der Waals surface area contributed by atoms with Gasteiger partial charge in [-0.05, 0) is 65.0 Å². The molecule has 0 spiro atoms. The molecule has 2 aliphatic rings. The Bertz CT molecular complexity index is 1440. The summed E-state index contributed by atoms with van der Waals surface area (Å²) >= 11 is 0. The summed E-state index contributed by atoms with van der Waals surface area (Å²) < 4.78 is 40.6. The summed E-state index contributed by atoms with van der Waals surface area (Å²) in [5.41, 5.74) is 0. The molecule has 0 aromatic carbocycles. The van der Waals surface area contributed by atoms with E-state index >= 15 is 0 Å². The summed E-state index contributed by atoms with van der Waals surface area (Å²) in [4.78, 5) is 96.6. The van der Waals surface area contributed by atoms with Crippen LogP contribution in [0.2, 0.25) is 0 Å². The van der Waals surface area contributed by atoms with Crippen LogP contribution in [0.3, 0.4) is 0 Å². The molecule has 2 rings (SSSR count). The number of hydrogen-bond acceptors (Lipinski definition) is 15. The quantitative estimate of drug-likeness (QED) is 0.0318. The molecule has 0 N–H and O–H groups in total. The molecule has 16 heteroatoms. The van der Waals surface area contributed by atoms with Crippen LogP contribution < -0.4 is 0 Å². The second kappa shape index (κ2) is 45.9. The molecule has 1 unspecified atom stereocenters. The largest absolute Gasteiger partial charge is 0.465 e. The molecule has 446 valence electrons. The van der Waals surface area contributed by atoms with Crippen LogP contribution in [0.15, 0.2) is 0 Å². The molecule has 0 radical (unpaired) electrons. The first-order valence-corrected chi connectivity index (χ1v) is 31.0. The van der Waals surface area contributed by atoms with Gasteiger partial charge in [-0.2, -0.15) is 0 Å². The van der Waals surface area contributed by atoms with E-state index in [1.165, 1.54) is 25.7 Å². The summed E-state index contributed by atoms with van der Waals surface area (Å²) in [6, 6.07) is -1.21. The van der Waals surface area contributed by atoms with Gasteiger partial charge in [-0.25, -0.2) is 4.79 Å². The van der Waals surface area contributed by atoms with Crippen molar-refractivity contribution < 1.29 is 66.7 Å². The number of amides is 1. The number of unbranched alkanes of at least 4 members (excludes halogenated alkanes) is 20. The maximum atomic E-state index is 14.4. The minimum Gasteiger partial charge on any atom is -0.465 e. The van der Waals surface area contributed by atoms with Crippen molar-refractivity contribution in [1.82, 2.24) is 9.80 Å². The third-order valence-electron chi connectivity index (χ3n) is 14.8. The molecule has 0 aromatic heterocycles. The Morgan fingerprint density at radius 3 is 1.05 bits per heavy atom. The highest BCUT2D eigenvalue weighted by molar-refractivity contribution is 5.73. The number of carbonyl (C=O) groups excluding carboxylic acids is 7. The van der Waals surface area contributed by atoms with Crippen molar-refractivity contribution >= 4 is 41.9 Å². The summed E-state index contributed by atoms with van der Waals surface area (Å²) in [6.07, 6.45) is 28.4. The Morgan fingerprint density at radius 2 is 0.727 bits per heavy atom. The highest BCUT2D eigenvalue weighted by Crippen LogP contribution is 2.27. The van der Waals surface area contributed by atoms with E-state index in [1.54, 1.807) is 4.90 Å². The van der Waals surface area contributed by atoms with Gasteiger partial charge in [-0.3, -0.25) is 33.7 Å². The molecule has 0 aliphatic carbocycles. The first kappa shape index (κ1) is 69.2. The Labute approximate surface area is 465 Å². The topological polar surface area (TPSA) is 191 Å². The highest BCUT2D eigenvalue weighted by Gasteiger charge is 2.37. The molecular formula is C61H108N2O14. The van der Waals surface area contributed by atoms with Gasteiger partial charge in [0.2, 0.25) is 0 Å². The number of rotatable bonds is 45. The number of likely N-dealkylation sites (tertiary alicyclic amines) is 2. The summed E-state index contributed by atoms with van der Waals surface area (Å²) in [7, 11) is 1.98. The predicted molar refractivity (Wildman–Crippen MR) is 299 cm³/mol. The average molecular weight is 1090 g/mol. The lowest BCUT2D eigenvalue weighted by Gasteiger charge is -2.37. The second-order valence-corrected chi connectivity index (χ2v) is 22.2. The third kappa shape index (κ3) is 36.0. The number of carbonyl (C=O) groups is 7. The van der Waals surface area contributed by atoms with Gasteiger partial charge in [-0.15, -0.1) is 0 Å². The van der Waals surface area contributed by atoms with Gasteiger partial charge >= 0.3 is 41.9 Å². The lowest BCUT2D eigenvalue weighted by atomic mass is 10.1. The third-order valence-corrected chi connectivity index (χ3v) is 14.8. The number of piperidine rings is 1. The van der Waals surface area contributed by atoms with Crippen LogP contribution in [-0.4, -0.2) is 130 Å². The van der Waals surface area contributed by atoms with Gasteiger partial charge in [0.15, 0.2) is 0 Å². The number of nitrogens with zero attached hydrogens (tertiary/aromatic N) is 2. The van der Waals surface area contributed by atoms with Crippen molar-refractivity contribution in [3.8, 4) is 0 Å². The minimum absolute atomic E-state index is 0.108. The molecular weight excluding hydrogens is 985 g/mol. The zero-order valence-electron chi connectivity index (χ0n) is 49.1. The molecule has 16 nitrogen and oxygen atoms in total. The standard InChI is InChI=1S/C61H108N2O14/c1-6-10-14-18-22-26-36-55(64)71-44-50(45-72-56(65)37-27-23-19-15-11-7-2)41-59(68)75-48-52-33-30-31-34-53(63(52)61(70)77-54-35-32-40-62(5)43-54)49-76-60(69)42-51(46-73-57(66)38-28-24-20-16-12-8-3)47-74-58(67)39-29-25-21-17-13-9-4/h50-54H,6-49H2,1-5H3/t52-,53-,54?/m0/s1. The molecule has 0 bridgehead atoms. The van der Waals surface area contributed by atoms with Crippen molar-refractivity contribution in [3.05, 3.63) is 0 Å². The van der Waals surface area contributed by atoms with E-state index < -0.39 is 42.0 Å². The lowest BCUT2D eigenvalue weighted by molar-refractivity contribution is -0.156. The monoisotopic (exact) mass is 1090 g/mol. The van der Waals surface area contributed by atoms with Gasteiger partial charge in [0.1, 0.15) is 19.3 Å². The maximum Gasteiger partial charge on any atom is 0.410 e. The van der Waals surface area contributed by atoms with Crippen LogP contribution >= 0.6 is 0 Å². The van der Waals surface area contributed by atoms with Crippen LogP contribution in [0, 0.1) is 11.8 Å². The SMILES string of the molecule is CCCCCCCCC(=O)OCC(COC(=O)CCCCCCCC)CC(=O)OC[C@@H]1CCCC[C@@H](COC(=O)CC(COC(=O)CCCCCCCC)COC(=O)CCCCCCCC)N1C(=O)OC1CCCN(C)C1. The van der Waals surface area contributed by atoms with Crippen LogP contribution in [0.4, 0.5) is 4.79 Å². The lowest BCUT2D eigenvalue weighted by Crippen LogP contribution is -2.52. The fraction of sp³-hybridized carbons (Fsp3) is 0.885. The van der Waals surface area contributed by atoms with Crippen LogP contribution in [0.5, 0.6) is 0 Å². The Morgan fingerprint density at radius 1 is 0.403 bits per heavy atom. The maximum absolute atomic E-state index is 14.4. The molecule has 1 amide bonds. The van der Waals surface area contributed by atoms with E-state index in [0.29, 0.717) is 64.3 Å². The van der Waals surface area contributed by atoms with Gasteiger partial charge in [-0.1, -0.05) is 169 Å². The molecule has 77 heavy (non-hydrogen) atoms. The summed E-state index contributed by atoms with van der Waals surface area (Å²) in [6.45, 7) is 9.37. The zero-order valence-corrected chi connectivity index (χ0v) is 49.1. The molecule has 2 fully saturated rings. The molecule has 2 heterocycles. The Hall–Kier alpha value is -3.95. The van der Waals surface area contributed by atoms with Gasteiger partial charge < -0.3 is 38.1 Å². The number of likely N-dealkylation sites (N-methyl/N-ethyl adjacent to an activating group) is 1. The van der Waals surface area contributed by atoms with Crippen molar-refractivity contribution in [1.29, 1.82) is 0 Å². The first-order chi connectivity index (χ1) is 37.4. The second-order valence-electron chi connectivity index (χ2n) is 22.2. The number of hydrogen-bond donors (Lipinski definition) is 0. The fourth-order valence-electron chi connectivity index (χ4n) is 10.0. The average Bonchev–Trinajstić information content (AvgIpc) is 3.63. The summed E-state index contributed by atoms with van der Waals surface area (Å²) in [5.74, 6) is -3.88. The minimum atomic E-state index is -0.633. The molecule has 0 saturated carbocycles. The number of ether oxygens (including phenoxy) is 7. The summed E-state index contributed by atoms with van der Waals surface area (Å²) in [5, 5.41) is 0. The van der Waals surface area contributed by atoms with E-state index in [1.807, 2.05) is 7.05 Å². The van der Waals surface area contributed by atoms with E-state index in [4.69, 9.17) is 33.2 Å². The van der Waals surface area contributed by atoms with Crippen molar-refractivity contribution in [3.63, 3.8) is 0 Å². The Balaban J connectivity index is 2.18. The van der Waals surface area contributed by atoms with Gasteiger partial charge in [0, 0.05) is 44.1 Å². The van der Waals surface area contributed by atoms with Gasteiger partial charge in [0.25, 0.3) is 0 Å². The van der Waals surface area contributed by atoms with Crippen LogP contribution in [0.25, 0.3) is 0 Å². The van der Waals surface area contributed by atoms with E-state index in [9.17, 15) is 33.6 Å². The van der Waals surface area contributed by atoms with Crippen molar-refractivity contribution in [2.45, 2.75) is 277 Å².